The van der Waals surface area contributed by atoms with E-state index < -0.39 is 0 Å². The van der Waals surface area contributed by atoms with Gasteiger partial charge in [-0.3, -0.25) is 4.79 Å². The van der Waals surface area contributed by atoms with Gasteiger partial charge in [0, 0.05) is 27.2 Å². The Bertz CT molecular complexity index is 493. The number of hydrogen-bond acceptors (Lipinski definition) is 7. The Labute approximate surface area is 118 Å². The van der Waals surface area contributed by atoms with Gasteiger partial charge in [-0.1, -0.05) is 0 Å². The van der Waals surface area contributed by atoms with Crippen molar-refractivity contribution in [1.29, 1.82) is 0 Å². The van der Waals surface area contributed by atoms with E-state index in [1.54, 1.807) is 19.0 Å². The van der Waals surface area contributed by atoms with Crippen molar-refractivity contribution in [3.8, 4) is 6.01 Å². The summed E-state index contributed by atoms with van der Waals surface area (Å²) in [6.45, 7) is 5.42. The van der Waals surface area contributed by atoms with Crippen LogP contribution in [0.15, 0.2) is 0 Å². The third-order valence-electron chi connectivity index (χ3n) is 2.91. The second-order valence-corrected chi connectivity index (χ2v) is 4.90. The first-order chi connectivity index (χ1) is 9.49. The fourth-order valence-electron chi connectivity index (χ4n) is 1.79. The van der Waals surface area contributed by atoms with Gasteiger partial charge in [0.1, 0.15) is 0 Å². The second kappa shape index (κ2) is 5.89. The lowest BCUT2D eigenvalue weighted by molar-refractivity contribution is -0.129. The van der Waals surface area contributed by atoms with Crippen LogP contribution in [-0.2, 0) is 4.79 Å². The van der Waals surface area contributed by atoms with Crippen LogP contribution in [0, 0.1) is 0 Å². The molecular weight excluding hydrogens is 260 g/mol. The first-order valence-electron chi connectivity index (χ1n) is 6.59. The first kappa shape index (κ1) is 14.3. The molecule has 2 heterocycles. The summed E-state index contributed by atoms with van der Waals surface area (Å²) in [6, 6.07) is 0.265. The van der Waals surface area contributed by atoms with Gasteiger partial charge in [-0.2, -0.15) is 15.0 Å². The van der Waals surface area contributed by atoms with Crippen LogP contribution in [0.1, 0.15) is 13.8 Å². The highest BCUT2D eigenvalue weighted by Gasteiger charge is 2.24. The Hall–Kier alpha value is -2.12. The van der Waals surface area contributed by atoms with E-state index in [1.807, 2.05) is 18.7 Å². The molecule has 1 aliphatic heterocycles. The number of anilines is 2. The van der Waals surface area contributed by atoms with Crippen LogP contribution in [0.2, 0.25) is 0 Å². The fraction of sp³-hybridized carbons (Fsp3) is 0.667. The first-order valence-corrected chi connectivity index (χ1v) is 6.59. The number of likely N-dealkylation sites (N-methyl/N-ethyl adjacent to an activating group) is 1. The van der Waals surface area contributed by atoms with Crippen molar-refractivity contribution in [3.63, 3.8) is 0 Å². The van der Waals surface area contributed by atoms with Crippen LogP contribution < -0.4 is 15.0 Å². The Kier molecular flexibility index (Phi) is 4.21. The molecule has 1 N–H and O–H groups in total. The summed E-state index contributed by atoms with van der Waals surface area (Å²) in [5, 5.41) is 2.88. The quantitative estimate of drug-likeness (QED) is 0.829. The third kappa shape index (κ3) is 3.25. The van der Waals surface area contributed by atoms with Gasteiger partial charge in [0.05, 0.1) is 12.6 Å². The van der Waals surface area contributed by atoms with E-state index in [1.165, 1.54) is 0 Å². The van der Waals surface area contributed by atoms with Gasteiger partial charge in [0.25, 0.3) is 0 Å². The van der Waals surface area contributed by atoms with Gasteiger partial charge in [0.2, 0.25) is 17.8 Å². The Morgan fingerprint density at radius 1 is 1.25 bits per heavy atom. The zero-order chi connectivity index (χ0) is 14.7. The van der Waals surface area contributed by atoms with Gasteiger partial charge in [-0.15, -0.1) is 0 Å². The average Bonchev–Trinajstić information content (AvgIpc) is 2.40. The number of hydrogen-bond donors (Lipinski definition) is 1. The summed E-state index contributed by atoms with van der Waals surface area (Å²) in [4.78, 5) is 28.0. The maximum absolute atomic E-state index is 11.8. The van der Waals surface area contributed by atoms with E-state index in [2.05, 4.69) is 20.3 Å². The maximum atomic E-state index is 11.8. The summed E-state index contributed by atoms with van der Waals surface area (Å²) in [5.41, 5.74) is 0. The fourth-order valence-corrected chi connectivity index (χ4v) is 1.79. The van der Waals surface area contributed by atoms with E-state index in [-0.39, 0.29) is 24.6 Å². The van der Waals surface area contributed by atoms with Crippen molar-refractivity contribution in [2.75, 3.05) is 43.9 Å². The lowest BCUT2D eigenvalue weighted by Gasteiger charge is -2.32. The maximum Gasteiger partial charge on any atom is 0.323 e. The zero-order valence-corrected chi connectivity index (χ0v) is 12.3. The molecule has 1 fully saturated rings. The van der Waals surface area contributed by atoms with Gasteiger partial charge < -0.3 is 19.9 Å². The summed E-state index contributed by atoms with van der Waals surface area (Å²) in [7, 11) is 3.52. The van der Waals surface area contributed by atoms with Crippen molar-refractivity contribution in [2.24, 2.45) is 0 Å². The number of ether oxygens (including phenoxy) is 1. The van der Waals surface area contributed by atoms with Crippen LogP contribution in [-0.4, -0.2) is 65.6 Å². The minimum atomic E-state index is -0.0240. The molecule has 8 heteroatoms. The zero-order valence-electron chi connectivity index (χ0n) is 12.3. The van der Waals surface area contributed by atoms with Gasteiger partial charge in [-0.05, 0) is 13.8 Å². The van der Waals surface area contributed by atoms with Gasteiger partial charge in [0.15, 0.2) is 0 Å². The van der Waals surface area contributed by atoms with Gasteiger partial charge in [-0.25, -0.2) is 0 Å². The minimum Gasteiger partial charge on any atom is -0.461 e. The minimum absolute atomic E-state index is 0.0240. The normalized spacial score (nSPS) is 15.8. The molecule has 1 aromatic heterocycles. The topological polar surface area (TPSA) is 83.5 Å². The predicted octanol–water partition coefficient (Wildman–Crippen LogP) is -0.0211. The molecule has 0 atom stereocenters. The molecule has 20 heavy (non-hydrogen) atoms. The lowest BCUT2D eigenvalue weighted by atomic mass is 10.3. The number of carbonyl (C=O) groups excluding carboxylic acids is 1. The Morgan fingerprint density at radius 2 is 2.00 bits per heavy atom. The number of rotatable bonds is 4. The van der Waals surface area contributed by atoms with Crippen molar-refractivity contribution in [2.45, 2.75) is 20.0 Å². The molecule has 1 saturated heterocycles. The van der Waals surface area contributed by atoms with Crippen molar-refractivity contribution in [3.05, 3.63) is 0 Å². The summed E-state index contributed by atoms with van der Waals surface area (Å²) in [6.07, 6.45) is -0.0240. The molecule has 1 aliphatic rings. The van der Waals surface area contributed by atoms with Crippen LogP contribution in [0.3, 0.4) is 0 Å². The monoisotopic (exact) mass is 280 g/mol. The largest absolute Gasteiger partial charge is 0.461 e. The number of nitrogens with one attached hydrogen (secondary N) is 1. The van der Waals surface area contributed by atoms with Crippen LogP contribution >= 0.6 is 0 Å². The highest BCUT2D eigenvalue weighted by molar-refractivity contribution is 5.81. The number of nitrogens with zero attached hydrogens (tertiary/aromatic N) is 5. The summed E-state index contributed by atoms with van der Waals surface area (Å²) < 4.78 is 5.51. The van der Waals surface area contributed by atoms with Crippen molar-refractivity contribution in [1.82, 2.24) is 19.9 Å². The van der Waals surface area contributed by atoms with Crippen LogP contribution in [0.25, 0.3) is 0 Å². The number of piperazine rings is 1. The Morgan fingerprint density at radius 3 is 2.60 bits per heavy atom. The van der Waals surface area contributed by atoms with E-state index in [4.69, 9.17) is 4.74 Å². The van der Waals surface area contributed by atoms with Crippen molar-refractivity contribution >= 4 is 17.8 Å². The molecule has 2 rings (SSSR count). The number of amides is 1. The summed E-state index contributed by atoms with van der Waals surface area (Å²) in [5.74, 6) is 0.937. The molecule has 0 spiro atoms. The SMILES string of the molecule is CNc1nc(OC(C)C)nc(N2CCN(C)C(=O)C2)n1. The van der Waals surface area contributed by atoms with Crippen LogP contribution in [0.5, 0.6) is 6.01 Å². The van der Waals surface area contributed by atoms with E-state index >= 15 is 0 Å². The standard InChI is InChI=1S/C12H20N6O2/c1-8(2)20-12-15-10(13-3)14-11(16-12)18-6-5-17(4)9(19)7-18/h8H,5-7H2,1-4H3,(H,13,14,15,16). The highest BCUT2D eigenvalue weighted by atomic mass is 16.5. The number of carbonyl (C=O) groups is 1. The number of aromatic nitrogens is 3. The van der Waals surface area contributed by atoms with E-state index in [0.717, 1.165) is 0 Å². The smallest absolute Gasteiger partial charge is 0.323 e. The van der Waals surface area contributed by atoms with E-state index in [9.17, 15) is 4.79 Å². The lowest BCUT2D eigenvalue weighted by Crippen LogP contribution is -2.49. The summed E-state index contributed by atoms with van der Waals surface area (Å²) >= 11 is 0. The molecule has 110 valence electrons. The second-order valence-electron chi connectivity index (χ2n) is 4.90. The molecule has 0 bridgehead atoms. The molecule has 0 radical (unpaired) electrons. The molecule has 0 unspecified atom stereocenters. The third-order valence-corrected chi connectivity index (χ3v) is 2.91. The molecule has 1 amide bonds. The predicted molar refractivity (Wildman–Crippen MR) is 75.0 cm³/mol. The molecule has 0 aliphatic carbocycles. The molecule has 0 aromatic carbocycles. The van der Waals surface area contributed by atoms with Crippen LogP contribution in [0.4, 0.5) is 11.9 Å². The molecule has 0 saturated carbocycles. The molecule has 1 aromatic rings. The van der Waals surface area contributed by atoms with Gasteiger partial charge >= 0.3 is 6.01 Å². The molecular formula is C12H20N6O2. The van der Waals surface area contributed by atoms with Crippen molar-refractivity contribution < 1.29 is 9.53 Å². The average molecular weight is 280 g/mol. The molecule has 8 nitrogen and oxygen atoms in total. The van der Waals surface area contributed by atoms with E-state index in [0.29, 0.717) is 25.0 Å². The highest BCUT2D eigenvalue weighted by Crippen LogP contribution is 2.17. The Balaban J connectivity index is 2.24.